The maximum absolute atomic E-state index is 13.2. The van der Waals surface area contributed by atoms with Crippen molar-refractivity contribution < 1.29 is 19.8 Å². The largest absolute Gasteiger partial charge is 0.504 e. The molecular weight excluding hydrogens is 380 g/mol. The Hall–Kier alpha value is -4.06. The monoisotopic (exact) mass is 398 g/mol. The van der Waals surface area contributed by atoms with E-state index in [0.29, 0.717) is 33.3 Å². The molecule has 6 heteroatoms. The Kier molecular flexibility index (Phi) is 3.73. The van der Waals surface area contributed by atoms with Crippen molar-refractivity contribution in [1.82, 2.24) is 9.97 Å². The molecule has 1 aliphatic carbocycles. The Morgan fingerprint density at radius 3 is 1.40 bits per heavy atom. The quantitative estimate of drug-likeness (QED) is 0.369. The van der Waals surface area contributed by atoms with E-state index in [1.165, 1.54) is 0 Å². The minimum absolute atomic E-state index is 0.186. The minimum Gasteiger partial charge on any atom is -0.504 e. The first kappa shape index (κ1) is 18.0. The third kappa shape index (κ3) is 2.30. The number of carbonyl (C=O) groups excluding carboxylic acids is 2. The molecular formula is C24H18N2O4. The van der Waals surface area contributed by atoms with Crippen LogP contribution in [0.5, 0.6) is 0 Å². The van der Waals surface area contributed by atoms with Crippen LogP contribution in [0, 0.1) is 13.8 Å². The van der Waals surface area contributed by atoms with Gasteiger partial charge in [-0.25, -0.2) is 0 Å². The molecule has 0 bridgehead atoms. The molecule has 2 heterocycles. The van der Waals surface area contributed by atoms with Crippen molar-refractivity contribution in [1.29, 1.82) is 0 Å². The van der Waals surface area contributed by atoms with Gasteiger partial charge in [0.25, 0.3) is 0 Å². The number of nitrogens with one attached hydrogen (secondary N) is 2. The average molecular weight is 398 g/mol. The molecule has 4 aromatic rings. The fraction of sp³-hybridized carbons (Fsp3) is 0.0833. The SMILES string of the molecule is Cc1[nH]c2ccccc2c1C1=C(O)C(=O)C(c2c(C)[nH]c3ccccc23)=C(O)C1=O. The Morgan fingerprint density at radius 1 is 0.633 bits per heavy atom. The van der Waals surface area contributed by atoms with Gasteiger partial charge in [0.15, 0.2) is 11.5 Å². The lowest BCUT2D eigenvalue weighted by Gasteiger charge is -2.19. The van der Waals surface area contributed by atoms with Crippen molar-refractivity contribution in [3.63, 3.8) is 0 Å². The summed E-state index contributed by atoms with van der Waals surface area (Å²) < 4.78 is 0. The molecule has 1 aliphatic rings. The average Bonchev–Trinajstić information content (AvgIpc) is 3.23. The first-order chi connectivity index (χ1) is 14.4. The molecule has 0 saturated heterocycles. The summed E-state index contributed by atoms with van der Waals surface area (Å²) in [6, 6.07) is 14.6. The number of allylic oxidation sites excluding steroid dienone is 2. The molecule has 0 saturated carbocycles. The molecule has 5 rings (SSSR count). The fourth-order valence-corrected chi connectivity index (χ4v) is 4.34. The number of aromatic amines is 2. The number of fused-ring (bicyclic) bond motifs is 2. The van der Waals surface area contributed by atoms with Crippen LogP contribution >= 0.6 is 0 Å². The van der Waals surface area contributed by atoms with Crippen molar-refractivity contribution >= 4 is 44.5 Å². The van der Waals surface area contributed by atoms with Crippen LogP contribution in [-0.2, 0) is 9.59 Å². The molecule has 4 N–H and O–H groups in total. The van der Waals surface area contributed by atoms with E-state index in [1.54, 1.807) is 26.0 Å². The number of benzene rings is 2. The highest BCUT2D eigenvalue weighted by Crippen LogP contribution is 2.40. The van der Waals surface area contributed by atoms with Crippen LogP contribution in [0.2, 0.25) is 0 Å². The normalized spacial score (nSPS) is 15.1. The van der Waals surface area contributed by atoms with Crippen LogP contribution in [0.3, 0.4) is 0 Å². The van der Waals surface area contributed by atoms with E-state index in [2.05, 4.69) is 9.97 Å². The van der Waals surface area contributed by atoms with Crippen molar-refractivity contribution in [2.75, 3.05) is 0 Å². The standard InChI is InChI=1S/C24H18N2O4/c1-11-17(13-7-3-5-9-15(13)25-11)19-21(27)23(29)20(24(30)22(19)28)18-12(2)26-16-10-6-4-8-14(16)18/h3-10,25-27,30H,1-2H3. The second-order valence-corrected chi connectivity index (χ2v) is 7.45. The van der Waals surface area contributed by atoms with Gasteiger partial charge < -0.3 is 20.2 Å². The molecule has 148 valence electrons. The lowest BCUT2D eigenvalue weighted by Crippen LogP contribution is -2.23. The topological polar surface area (TPSA) is 106 Å². The second-order valence-electron chi connectivity index (χ2n) is 7.45. The van der Waals surface area contributed by atoms with Crippen molar-refractivity contribution in [2.24, 2.45) is 0 Å². The molecule has 0 aliphatic heterocycles. The number of aliphatic hydroxyl groups is 2. The first-order valence-electron chi connectivity index (χ1n) is 9.51. The van der Waals surface area contributed by atoms with E-state index in [9.17, 15) is 19.8 Å². The van der Waals surface area contributed by atoms with E-state index in [0.717, 1.165) is 11.0 Å². The molecule has 0 spiro atoms. The molecule has 0 radical (unpaired) electrons. The number of hydrogen-bond acceptors (Lipinski definition) is 4. The maximum atomic E-state index is 13.2. The van der Waals surface area contributed by atoms with Crippen molar-refractivity contribution in [3.05, 3.63) is 82.6 Å². The van der Waals surface area contributed by atoms with Crippen LogP contribution in [-0.4, -0.2) is 31.7 Å². The van der Waals surface area contributed by atoms with E-state index >= 15 is 0 Å². The zero-order chi connectivity index (χ0) is 21.2. The predicted molar refractivity (Wildman–Crippen MR) is 115 cm³/mol. The predicted octanol–water partition coefficient (Wildman–Crippen LogP) is 4.66. The van der Waals surface area contributed by atoms with Crippen LogP contribution in [0.15, 0.2) is 60.0 Å². The Morgan fingerprint density at radius 2 is 1.00 bits per heavy atom. The van der Waals surface area contributed by atoms with Gasteiger partial charge in [-0.3, -0.25) is 9.59 Å². The summed E-state index contributed by atoms with van der Waals surface area (Å²) in [6.07, 6.45) is 0. The highest BCUT2D eigenvalue weighted by molar-refractivity contribution is 6.48. The van der Waals surface area contributed by atoms with Gasteiger partial charge in [-0.15, -0.1) is 0 Å². The van der Waals surface area contributed by atoms with Crippen molar-refractivity contribution in [3.8, 4) is 0 Å². The van der Waals surface area contributed by atoms with Crippen LogP contribution in [0.25, 0.3) is 33.0 Å². The smallest absolute Gasteiger partial charge is 0.232 e. The molecule has 6 nitrogen and oxygen atoms in total. The number of rotatable bonds is 2. The first-order valence-corrected chi connectivity index (χ1v) is 9.51. The summed E-state index contributed by atoms with van der Waals surface area (Å²) in [6.45, 7) is 3.51. The number of H-pyrrole nitrogens is 2. The molecule has 2 aromatic heterocycles. The summed E-state index contributed by atoms with van der Waals surface area (Å²) in [5.74, 6) is -2.88. The van der Waals surface area contributed by atoms with Gasteiger partial charge in [0, 0.05) is 44.3 Å². The van der Waals surface area contributed by atoms with Crippen LogP contribution in [0.4, 0.5) is 0 Å². The van der Waals surface area contributed by atoms with Gasteiger partial charge in [0.2, 0.25) is 11.6 Å². The molecule has 0 fully saturated rings. The van der Waals surface area contributed by atoms with Gasteiger partial charge in [0.05, 0.1) is 11.1 Å². The van der Waals surface area contributed by atoms with E-state index in [1.807, 2.05) is 36.4 Å². The second kappa shape index (κ2) is 6.22. The van der Waals surface area contributed by atoms with Gasteiger partial charge in [-0.1, -0.05) is 36.4 Å². The highest BCUT2D eigenvalue weighted by atomic mass is 16.3. The Bertz CT molecular complexity index is 1350. The van der Waals surface area contributed by atoms with Gasteiger partial charge in [0.1, 0.15) is 0 Å². The van der Waals surface area contributed by atoms with E-state index in [4.69, 9.17) is 0 Å². The number of aromatic nitrogens is 2. The van der Waals surface area contributed by atoms with E-state index < -0.39 is 23.1 Å². The maximum Gasteiger partial charge on any atom is 0.232 e. The zero-order valence-corrected chi connectivity index (χ0v) is 16.3. The number of aliphatic hydroxyl groups excluding tert-OH is 2. The lowest BCUT2D eigenvalue weighted by atomic mass is 9.84. The molecule has 30 heavy (non-hydrogen) atoms. The summed E-state index contributed by atoms with van der Waals surface area (Å²) in [4.78, 5) is 32.8. The van der Waals surface area contributed by atoms with E-state index in [-0.39, 0.29) is 11.1 Å². The van der Waals surface area contributed by atoms with Crippen LogP contribution in [0.1, 0.15) is 22.5 Å². The van der Waals surface area contributed by atoms with Gasteiger partial charge >= 0.3 is 0 Å². The lowest BCUT2D eigenvalue weighted by molar-refractivity contribution is -0.116. The molecule has 2 aromatic carbocycles. The number of ketones is 2. The summed E-state index contributed by atoms with van der Waals surface area (Å²) in [5, 5.41) is 23.1. The third-order valence-corrected chi connectivity index (χ3v) is 5.65. The highest BCUT2D eigenvalue weighted by Gasteiger charge is 2.39. The van der Waals surface area contributed by atoms with Crippen LogP contribution < -0.4 is 0 Å². The summed E-state index contributed by atoms with van der Waals surface area (Å²) in [7, 11) is 0. The summed E-state index contributed by atoms with van der Waals surface area (Å²) >= 11 is 0. The zero-order valence-electron chi connectivity index (χ0n) is 16.3. The third-order valence-electron chi connectivity index (χ3n) is 5.65. The van der Waals surface area contributed by atoms with Gasteiger partial charge in [-0.2, -0.15) is 0 Å². The molecule has 0 amide bonds. The minimum atomic E-state index is -0.778. The van der Waals surface area contributed by atoms with Gasteiger partial charge in [-0.05, 0) is 26.0 Å². The number of para-hydroxylation sites is 2. The number of Topliss-reactive ketones (excluding diaryl/α,β-unsaturated/α-hetero) is 2. The number of aryl methyl sites for hydroxylation is 2. The van der Waals surface area contributed by atoms with Crippen molar-refractivity contribution in [2.45, 2.75) is 13.8 Å². The molecule has 0 atom stereocenters. The number of carbonyl (C=O) groups is 2. The summed E-state index contributed by atoms with van der Waals surface area (Å²) in [5.41, 5.74) is 3.25. The number of hydrogen-bond donors (Lipinski definition) is 4. The Balaban J connectivity index is 1.76. The fourth-order valence-electron chi connectivity index (χ4n) is 4.34. The Labute approximate surface area is 171 Å². The molecule has 0 unspecified atom stereocenters.